The van der Waals surface area contributed by atoms with Crippen molar-refractivity contribution in [1.82, 2.24) is 0 Å². The van der Waals surface area contributed by atoms with Crippen LogP contribution in [-0.2, 0) is 4.74 Å². The predicted octanol–water partition coefficient (Wildman–Crippen LogP) is 3.19. The van der Waals surface area contributed by atoms with Gasteiger partial charge >= 0.3 is 0 Å². The Kier molecular flexibility index (Phi) is 7.47. The van der Waals surface area contributed by atoms with Gasteiger partial charge in [0.2, 0.25) is 0 Å². The highest BCUT2D eigenvalue weighted by atomic mass is 19.1. The van der Waals surface area contributed by atoms with Crippen LogP contribution in [0.25, 0.3) is 0 Å². The smallest absolute Gasteiger partial charge is 0.128 e. The van der Waals surface area contributed by atoms with Crippen LogP contribution in [-0.4, -0.2) is 31.0 Å². The molecule has 0 radical (unpaired) electrons. The molecule has 1 aromatic rings. The van der Waals surface area contributed by atoms with Crippen molar-refractivity contribution < 1.29 is 18.6 Å². The molecule has 1 unspecified atom stereocenters. The molecule has 0 fully saturated rings. The van der Waals surface area contributed by atoms with Crippen molar-refractivity contribution in [2.24, 2.45) is 5.92 Å². The normalized spacial score (nSPS) is 12.7. The molecule has 0 amide bonds. The van der Waals surface area contributed by atoms with Gasteiger partial charge in [-0.25, -0.2) is 8.78 Å². The van der Waals surface area contributed by atoms with Crippen molar-refractivity contribution in [2.75, 3.05) is 25.1 Å². The Labute approximate surface area is 119 Å². The summed E-state index contributed by atoms with van der Waals surface area (Å²) < 4.78 is 31.2. The van der Waals surface area contributed by atoms with Crippen molar-refractivity contribution in [3.05, 3.63) is 29.8 Å². The van der Waals surface area contributed by atoms with Gasteiger partial charge in [0.05, 0.1) is 12.7 Å². The predicted molar refractivity (Wildman–Crippen MR) is 75.7 cm³/mol. The van der Waals surface area contributed by atoms with Gasteiger partial charge in [-0.3, -0.25) is 0 Å². The van der Waals surface area contributed by atoms with Gasteiger partial charge in [-0.05, 0) is 30.9 Å². The first-order chi connectivity index (χ1) is 9.47. The number of anilines is 1. The van der Waals surface area contributed by atoms with E-state index < -0.39 is 17.7 Å². The van der Waals surface area contributed by atoms with Gasteiger partial charge in [0.15, 0.2) is 0 Å². The highest BCUT2D eigenvalue weighted by Gasteiger charge is 2.06. The van der Waals surface area contributed by atoms with Crippen LogP contribution in [0.5, 0.6) is 0 Å². The highest BCUT2D eigenvalue weighted by molar-refractivity contribution is 5.43. The molecule has 0 saturated carbocycles. The summed E-state index contributed by atoms with van der Waals surface area (Å²) >= 11 is 0. The third-order valence-corrected chi connectivity index (χ3v) is 2.78. The molecule has 1 rings (SSSR count). The van der Waals surface area contributed by atoms with Gasteiger partial charge in [0.25, 0.3) is 0 Å². The number of ether oxygens (including phenoxy) is 1. The second-order valence-electron chi connectivity index (χ2n) is 5.30. The first kappa shape index (κ1) is 16.9. The maximum atomic E-state index is 12.9. The van der Waals surface area contributed by atoms with E-state index in [1.807, 2.05) is 0 Å². The summed E-state index contributed by atoms with van der Waals surface area (Å²) in [5.74, 6) is -0.646. The number of rotatable bonds is 9. The molecule has 0 bridgehead atoms. The average Bonchev–Trinajstić information content (AvgIpc) is 2.34. The summed E-state index contributed by atoms with van der Waals surface area (Å²) in [5, 5.41) is 12.5. The molecular weight excluding hydrogens is 264 g/mol. The Morgan fingerprint density at radius 1 is 1.20 bits per heavy atom. The molecule has 0 spiro atoms. The number of aliphatic hydroxyl groups is 1. The van der Waals surface area contributed by atoms with Crippen molar-refractivity contribution in [2.45, 2.75) is 32.8 Å². The first-order valence-corrected chi connectivity index (χ1v) is 6.93. The minimum Gasteiger partial charge on any atom is -0.389 e. The molecule has 0 aliphatic heterocycles. The molecular formula is C15H23F2NO2. The van der Waals surface area contributed by atoms with E-state index in [0.29, 0.717) is 18.2 Å². The van der Waals surface area contributed by atoms with Crippen molar-refractivity contribution in [3.8, 4) is 0 Å². The monoisotopic (exact) mass is 287 g/mol. The van der Waals surface area contributed by atoms with Gasteiger partial charge in [-0.15, -0.1) is 0 Å². The van der Waals surface area contributed by atoms with Gasteiger partial charge in [0.1, 0.15) is 11.6 Å². The van der Waals surface area contributed by atoms with Crippen LogP contribution < -0.4 is 5.32 Å². The van der Waals surface area contributed by atoms with Crippen molar-refractivity contribution in [1.29, 1.82) is 0 Å². The molecule has 1 atom stereocenters. The zero-order chi connectivity index (χ0) is 15.0. The van der Waals surface area contributed by atoms with Crippen LogP contribution >= 0.6 is 0 Å². The lowest BCUT2D eigenvalue weighted by molar-refractivity contribution is 0.0409. The van der Waals surface area contributed by atoms with Crippen LogP contribution in [0.15, 0.2) is 18.2 Å². The molecule has 5 heteroatoms. The fourth-order valence-electron chi connectivity index (χ4n) is 1.76. The van der Waals surface area contributed by atoms with Gasteiger partial charge in [-0.1, -0.05) is 13.8 Å². The van der Waals surface area contributed by atoms with Crippen LogP contribution in [0.4, 0.5) is 14.5 Å². The van der Waals surface area contributed by atoms with Crippen molar-refractivity contribution in [3.63, 3.8) is 0 Å². The zero-order valence-corrected chi connectivity index (χ0v) is 12.0. The summed E-state index contributed by atoms with van der Waals surface area (Å²) in [5.41, 5.74) is 0.307. The third-order valence-electron chi connectivity index (χ3n) is 2.78. The van der Waals surface area contributed by atoms with E-state index in [-0.39, 0.29) is 13.2 Å². The lowest BCUT2D eigenvalue weighted by atomic mass is 10.1. The second kappa shape index (κ2) is 8.87. The number of nitrogens with one attached hydrogen (secondary N) is 1. The Hall–Kier alpha value is -1.20. The molecule has 0 heterocycles. The molecule has 20 heavy (non-hydrogen) atoms. The van der Waals surface area contributed by atoms with Crippen LogP contribution in [0.1, 0.15) is 26.7 Å². The summed E-state index contributed by atoms with van der Waals surface area (Å²) in [6, 6.07) is 3.16. The van der Waals surface area contributed by atoms with Crippen LogP contribution in [0.2, 0.25) is 0 Å². The Balaban J connectivity index is 2.17. The number of hydrogen-bond acceptors (Lipinski definition) is 3. The van der Waals surface area contributed by atoms with E-state index in [0.717, 1.165) is 18.9 Å². The largest absolute Gasteiger partial charge is 0.389 e. The quantitative estimate of drug-likeness (QED) is 0.685. The van der Waals surface area contributed by atoms with Gasteiger partial charge < -0.3 is 15.2 Å². The minimum absolute atomic E-state index is 0.188. The summed E-state index contributed by atoms with van der Waals surface area (Å²) in [4.78, 5) is 0. The first-order valence-electron chi connectivity index (χ1n) is 6.93. The van der Waals surface area contributed by atoms with Crippen LogP contribution in [0, 0.1) is 17.6 Å². The van der Waals surface area contributed by atoms with E-state index in [2.05, 4.69) is 19.2 Å². The zero-order valence-electron chi connectivity index (χ0n) is 12.0. The van der Waals surface area contributed by atoms with E-state index in [4.69, 9.17) is 4.74 Å². The van der Waals surface area contributed by atoms with E-state index in [1.54, 1.807) is 0 Å². The molecule has 0 saturated heterocycles. The standard InChI is InChI=1S/C15H23F2NO2/c1-11(2)4-3-5-20-10-15(19)9-18-14-7-12(16)6-13(17)8-14/h6-8,11,15,18-19H,3-5,9-10H2,1-2H3. The number of halogens is 2. The topological polar surface area (TPSA) is 41.5 Å². The van der Waals surface area contributed by atoms with Gasteiger partial charge in [0, 0.05) is 24.9 Å². The molecule has 2 N–H and O–H groups in total. The summed E-state index contributed by atoms with van der Waals surface area (Å²) in [7, 11) is 0. The maximum absolute atomic E-state index is 12.9. The molecule has 114 valence electrons. The molecule has 0 aliphatic rings. The lowest BCUT2D eigenvalue weighted by Crippen LogP contribution is -2.25. The highest BCUT2D eigenvalue weighted by Crippen LogP contribution is 2.12. The van der Waals surface area contributed by atoms with Gasteiger partial charge in [-0.2, -0.15) is 0 Å². The second-order valence-corrected chi connectivity index (χ2v) is 5.30. The van der Waals surface area contributed by atoms with E-state index in [1.165, 1.54) is 12.1 Å². The van der Waals surface area contributed by atoms with Crippen LogP contribution in [0.3, 0.4) is 0 Å². The van der Waals surface area contributed by atoms with E-state index in [9.17, 15) is 13.9 Å². The molecule has 1 aromatic carbocycles. The Morgan fingerprint density at radius 3 is 2.45 bits per heavy atom. The lowest BCUT2D eigenvalue weighted by Gasteiger charge is -2.13. The van der Waals surface area contributed by atoms with E-state index >= 15 is 0 Å². The number of aliphatic hydroxyl groups excluding tert-OH is 1. The summed E-state index contributed by atoms with van der Waals surface area (Å²) in [6.45, 7) is 5.31. The fraction of sp³-hybridized carbons (Fsp3) is 0.600. The number of hydrogen-bond donors (Lipinski definition) is 2. The fourth-order valence-corrected chi connectivity index (χ4v) is 1.76. The minimum atomic E-state index is -0.708. The Morgan fingerprint density at radius 2 is 1.85 bits per heavy atom. The van der Waals surface area contributed by atoms with Crippen molar-refractivity contribution >= 4 is 5.69 Å². The Bertz CT molecular complexity index is 379. The SMILES string of the molecule is CC(C)CCCOCC(O)CNc1cc(F)cc(F)c1. The number of benzene rings is 1. The summed E-state index contributed by atoms with van der Waals surface area (Å²) in [6.07, 6.45) is 1.35. The average molecular weight is 287 g/mol. The molecule has 0 aliphatic carbocycles. The molecule has 0 aromatic heterocycles. The third kappa shape index (κ3) is 7.40. The molecule has 3 nitrogen and oxygen atoms in total. The maximum Gasteiger partial charge on any atom is 0.128 e.